The molecule has 0 aromatic heterocycles. The summed E-state index contributed by atoms with van der Waals surface area (Å²) in [7, 11) is 0. The topological polar surface area (TPSA) is 6.48 Å². The van der Waals surface area contributed by atoms with Gasteiger partial charge in [0.25, 0.3) is 0 Å². The van der Waals surface area contributed by atoms with Crippen LogP contribution in [0, 0.1) is 0 Å². The third-order valence-electron chi connectivity index (χ3n) is 4.22. The van der Waals surface area contributed by atoms with Crippen molar-refractivity contribution < 1.29 is 0 Å². The van der Waals surface area contributed by atoms with Gasteiger partial charge in [0, 0.05) is 37.2 Å². The van der Waals surface area contributed by atoms with Gasteiger partial charge in [-0.05, 0) is 37.1 Å². The van der Waals surface area contributed by atoms with Crippen molar-refractivity contribution in [2.45, 2.75) is 31.8 Å². The third-order valence-corrected chi connectivity index (χ3v) is 4.45. The normalized spacial score (nSPS) is 25.9. The molecule has 0 aliphatic carbocycles. The molecular formula is C15H21ClN2. The molecule has 1 aromatic rings. The molecule has 3 heteroatoms. The molecule has 1 aromatic carbocycles. The summed E-state index contributed by atoms with van der Waals surface area (Å²) in [6.45, 7) is 6.03. The summed E-state index contributed by atoms with van der Waals surface area (Å²) in [5.74, 6) is 0. The summed E-state index contributed by atoms with van der Waals surface area (Å²) in [5.41, 5.74) is 1.34. The third kappa shape index (κ3) is 2.87. The summed E-state index contributed by atoms with van der Waals surface area (Å²) in [6.07, 6.45) is 4.18. The Bertz CT molecular complexity index is 407. The zero-order valence-corrected chi connectivity index (χ0v) is 11.6. The molecule has 0 bridgehead atoms. The van der Waals surface area contributed by atoms with Gasteiger partial charge in [0.15, 0.2) is 0 Å². The second-order valence-corrected chi connectivity index (χ2v) is 5.99. The average molecular weight is 265 g/mol. The molecule has 2 fully saturated rings. The van der Waals surface area contributed by atoms with Crippen LogP contribution < -0.4 is 0 Å². The van der Waals surface area contributed by atoms with Gasteiger partial charge in [-0.15, -0.1) is 0 Å². The van der Waals surface area contributed by atoms with Crippen LogP contribution in [0.1, 0.15) is 24.8 Å². The fourth-order valence-electron chi connectivity index (χ4n) is 3.26. The standard InChI is InChI=1S/C15H21ClN2/c16-14-5-3-4-13(10-14)11-17-8-9-18-7-2-1-6-15(18)12-17/h3-5,10,15H,1-2,6-9,11-12H2/t15-/m1/s1. The van der Waals surface area contributed by atoms with Crippen LogP contribution in [-0.4, -0.2) is 42.0 Å². The van der Waals surface area contributed by atoms with Crippen molar-refractivity contribution in [3.63, 3.8) is 0 Å². The van der Waals surface area contributed by atoms with E-state index in [1.807, 2.05) is 6.07 Å². The maximum absolute atomic E-state index is 6.05. The van der Waals surface area contributed by atoms with Crippen molar-refractivity contribution in [2.24, 2.45) is 0 Å². The lowest BCUT2D eigenvalue weighted by molar-refractivity contribution is 0.0457. The molecule has 18 heavy (non-hydrogen) atoms. The Morgan fingerprint density at radius 1 is 1.17 bits per heavy atom. The lowest BCUT2D eigenvalue weighted by atomic mass is 9.99. The molecule has 2 nitrogen and oxygen atoms in total. The highest BCUT2D eigenvalue weighted by molar-refractivity contribution is 6.30. The van der Waals surface area contributed by atoms with Crippen molar-refractivity contribution in [3.05, 3.63) is 34.9 Å². The fourth-order valence-corrected chi connectivity index (χ4v) is 3.47. The van der Waals surface area contributed by atoms with E-state index in [0.717, 1.165) is 17.6 Å². The molecule has 2 heterocycles. The van der Waals surface area contributed by atoms with E-state index in [2.05, 4.69) is 28.0 Å². The van der Waals surface area contributed by atoms with Crippen molar-refractivity contribution in [1.29, 1.82) is 0 Å². The molecule has 0 radical (unpaired) electrons. The highest BCUT2D eigenvalue weighted by Crippen LogP contribution is 2.22. The first-order valence-corrected chi connectivity index (χ1v) is 7.40. The Balaban J connectivity index is 1.61. The van der Waals surface area contributed by atoms with E-state index >= 15 is 0 Å². The van der Waals surface area contributed by atoms with E-state index in [1.165, 1.54) is 51.0 Å². The van der Waals surface area contributed by atoms with Gasteiger partial charge in [0.05, 0.1) is 0 Å². The average Bonchev–Trinajstić information content (AvgIpc) is 2.39. The number of halogens is 1. The minimum absolute atomic E-state index is 0.798. The highest BCUT2D eigenvalue weighted by Gasteiger charge is 2.28. The van der Waals surface area contributed by atoms with E-state index in [0.29, 0.717) is 0 Å². The first kappa shape index (κ1) is 12.5. The van der Waals surface area contributed by atoms with Crippen LogP contribution in [-0.2, 0) is 6.54 Å². The second-order valence-electron chi connectivity index (χ2n) is 5.55. The maximum atomic E-state index is 6.05. The number of hydrogen-bond acceptors (Lipinski definition) is 2. The molecular weight excluding hydrogens is 244 g/mol. The minimum Gasteiger partial charge on any atom is -0.298 e. The lowest BCUT2D eigenvalue weighted by Crippen LogP contribution is -2.54. The van der Waals surface area contributed by atoms with E-state index in [4.69, 9.17) is 11.6 Å². The summed E-state index contributed by atoms with van der Waals surface area (Å²) in [4.78, 5) is 5.26. The smallest absolute Gasteiger partial charge is 0.0409 e. The summed E-state index contributed by atoms with van der Waals surface area (Å²) >= 11 is 6.05. The first-order valence-electron chi connectivity index (χ1n) is 7.02. The van der Waals surface area contributed by atoms with Gasteiger partial charge >= 0.3 is 0 Å². The Kier molecular flexibility index (Phi) is 3.88. The summed E-state index contributed by atoms with van der Waals surface area (Å²) < 4.78 is 0. The van der Waals surface area contributed by atoms with Gasteiger partial charge in [-0.2, -0.15) is 0 Å². The first-order chi connectivity index (χ1) is 8.81. The highest BCUT2D eigenvalue weighted by atomic mass is 35.5. The van der Waals surface area contributed by atoms with Gasteiger partial charge in [0.1, 0.15) is 0 Å². The number of hydrogen-bond donors (Lipinski definition) is 0. The van der Waals surface area contributed by atoms with E-state index < -0.39 is 0 Å². The maximum Gasteiger partial charge on any atom is 0.0409 e. The molecule has 0 saturated carbocycles. The van der Waals surface area contributed by atoms with Gasteiger partial charge in [-0.3, -0.25) is 9.80 Å². The SMILES string of the molecule is Clc1cccc(CN2CCN3CCCC[C@@H]3C2)c1. The van der Waals surface area contributed by atoms with E-state index in [9.17, 15) is 0 Å². The van der Waals surface area contributed by atoms with Crippen LogP contribution in [0.3, 0.4) is 0 Å². The number of piperidine rings is 1. The van der Waals surface area contributed by atoms with Crippen LogP contribution in [0.4, 0.5) is 0 Å². The summed E-state index contributed by atoms with van der Waals surface area (Å²) in [5, 5.41) is 0.851. The molecule has 0 amide bonds. The summed E-state index contributed by atoms with van der Waals surface area (Å²) in [6, 6.07) is 9.07. The Morgan fingerprint density at radius 2 is 2.11 bits per heavy atom. The number of fused-ring (bicyclic) bond motifs is 1. The van der Waals surface area contributed by atoms with Gasteiger partial charge < -0.3 is 0 Å². The van der Waals surface area contributed by atoms with Crippen LogP contribution in [0.25, 0.3) is 0 Å². The van der Waals surface area contributed by atoms with Gasteiger partial charge in [-0.25, -0.2) is 0 Å². The second kappa shape index (κ2) is 5.60. The molecule has 1 atom stereocenters. The Morgan fingerprint density at radius 3 is 3.00 bits per heavy atom. The number of benzene rings is 1. The predicted octanol–water partition coefficient (Wildman–Crippen LogP) is 3.01. The van der Waals surface area contributed by atoms with Crippen LogP contribution in [0.15, 0.2) is 24.3 Å². The quantitative estimate of drug-likeness (QED) is 0.810. The van der Waals surface area contributed by atoms with Gasteiger partial charge in [-0.1, -0.05) is 30.2 Å². The predicted molar refractivity (Wildman–Crippen MR) is 75.9 cm³/mol. The van der Waals surface area contributed by atoms with E-state index in [1.54, 1.807) is 0 Å². The van der Waals surface area contributed by atoms with Crippen molar-refractivity contribution in [1.82, 2.24) is 9.80 Å². The number of piperazine rings is 1. The monoisotopic (exact) mass is 264 g/mol. The molecule has 0 unspecified atom stereocenters. The molecule has 2 aliphatic rings. The lowest BCUT2D eigenvalue weighted by Gasteiger charge is -2.44. The molecule has 3 rings (SSSR count). The molecule has 2 saturated heterocycles. The minimum atomic E-state index is 0.798. The fraction of sp³-hybridized carbons (Fsp3) is 0.600. The van der Waals surface area contributed by atoms with Gasteiger partial charge in [0.2, 0.25) is 0 Å². The van der Waals surface area contributed by atoms with Crippen LogP contribution >= 0.6 is 11.6 Å². The molecule has 0 N–H and O–H groups in total. The number of rotatable bonds is 2. The molecule has 2 aliphatic heterocycles. The number of nitrogens with zero attached hydrogens (tertiary/aromatic N) is 2. The van der Waals surface area contributed by atoms with Crippen molar-refractivity contribution in [2.75, 3.05) is 26.2 Å². The molecule has 0 spiro atoms. The molecule has 98 valence electrons. The van der Waals surface area contributed by atoms with Crippen molar-refractivity contribution in [3.8, 4) is 0 Å². The van der Waals surface area contributed by atoms with Crippen LogP contribution in [0.2, 0.25) is 5.02 Å². The van der Waals surface area contributed by atoms with Crippen LogP contribution in [0.5, 0.6) is 0 Å². The zero-order valence-electron chi connectivity index (χ0n) is 10.8. The van der Waals surface area contributed by atoms with Crippen molar-refractivity contribution >= 4 is 11.6 Å². The Labute approximate surface area is 115 Å². The Hall–Kier alpha value is -0.570. The van der Waals surface area contributed by atoms with E-state index in [-0.39, 0.29) is 0 Å². The largest absolute Gasteiger partial charge is 0.298 e. The zero-order chi connectivity index (χ0) is 12.4.